The number of hydrazine groups is 1. The quantitative estimate of drug-likeness (QED) is 0.633. The molecule has 18 heavy (non-hydrogen) atoms. The number of nitrogens with one attached hydrogen (secondary N) is 1. The zero-order valence-electron chi connectivity index (χ0n) is 10.6. The van der Waals surface area contributed by atoms with Gasteiger partial charge in [0.2, 0.25) is 0 Å². The van der Waals surface area contributed by atoms with Crippen LogP contribution in [0.3, 0.4) is 0 Å². The van der Waals surface area contributed by atoms with E-state index in [1.54, 1.807) is 0 Å². The van der Waals surface area contributed by atoms with Crippen LogP contribution in [-0.4, -0.2) is 17.2 Å². The molecule has 3 N–H and O–H groups in total. The van der Waals surface area contributed by atoms with Gasteiger partial charge in [0.15, 0.2) is 0 Å². The SMILES string of the molecule is NNC(c1ccncc1)C1CCOC2(CCC2)C1. The molecule has 2 fully saturated rings. The van der Waals surface area contributed by atoms with Crippen LogP contribution in [0.5, 0.6) is 0 Å². The molecule has 1 aromatic heterocycles. The first-order valence-corrected chi connectivity index (χ1v) is 6.83. The van der Waals surface area contributed by atoms with Crippen molar-refractivity contribution in [2.45, 2.75) is 43.7 Å². The summed E-state index contributed by atoms with van der Waals surface area (Å²) in [6.45, 7) is 0.869. The maximum Gasteiger partial charge on any atom is 0.0686 e. The lowest BCUT2D eigenvalue weighted by Crippen LogP contribution is -2.48. The molecule has 98 valence electrons. The van der Waals surface area contributed by atoms with Crippen LogP contribution in [-0.2, 0) is 4.74 Å². The third-order valence-corrected chi connectivity index (χ3v) is 4.51. The maximum absolute atomic E-state index is 5.98. The fourth-order valence-electron chi connectivity index (χ4n) is 3.34. The summed E-state index contributed by atoms with van der Waals surface area (Å²) in [5.74, 6) is 6.33. The van der Waals surface area contributed by atoms with Crippen molar-refractivity contribution in [3.05, 3.63) is 30.1 Å². The highest BCUT2D eigenvalue weighted by Crippen LogP contribution is 2.46. The fourth-order valence-corrected chi connectivity index (χ4v) is 3.34. The molecule has 4 heteroatoms. The van der Waals surface area contributed by atoms with Crippen molar-refractivity contribution >= 4 is 0 Å². The number of nitrogens with zero attached hydrogens (tertiary/aromatic N) is 1. The second-order valence-electron chi connectivity index (χ2n) is 5.56. The number of ether oxygens (including phenoxy) is 1. The maximum atomic E-state index is 5.98. The van der Waals surface area contributed by atoms with E-state index in [9.17, 15) is 0 Å². The van der Waals surface area contributed by atoms with Crippen LogP contribution in [0.25, 0.3) is 0 Å². The van der Waals surface area contributed by atoms with E-state index in [-0.39, 0.29) is 11.6 Å². The lowest BCUT2D eigenvalue weighted by atomic mass is 9.70. The highest BCUT2D eigenvalue weighted by Gasteiger charge is 2.44. The van der Waals surface area contributed by atoms with Gasteiger partial charge >= 0.3 is 0 Å². The highest BCUT2D eigenvalue weighted by molar-refractivity contribution is 5.16. The molecule has 0 radical (unpaired) electrons. The lowest BCUT2D eigenvalue weighted by molar-refractivity contribution is -0.147. The summed E-state index contributed by atoms with van der Waals surface area (Å²) < 4.78 is 5.98. The van der Waals surface area contributed by atoms with Gasteiger partial charge in [-0.15, -0.1) is 0 Å². The molecule has 4 nitrogen and oxygen atoms in total. The van der Waals surface area contributed by atoms with Crippen LogP contribution < -0.4 is 11.3 Å². The standard InChI is InChI=1S/C14H21N3O/c15-17-13(11-2-7-16-8-3-11)12-4-9-18-14(10-12)5-1-6-14/h2-3,7-8,12-13,17H,1,4-6,9-10,15H2. The van der Waals surface area contributed by atoms with Crippen LogP contribution >= 0.6 is 0 Å². The van der Waals surface area contributed by atoms with Gasteiger partial charge < -0.3 is 4.74 Å². The number of rotatable bonds is 3. The summed E-state index contributed by atoms with van der Waals surface area (Å²) in [7, 11) is 0. The van der Waals surface area contributed by atoms with Crippen LogP contribution in [0.15, 0.2) is 24.5 Å². The Morgan fingerprint density at radius 1 is 1.39 bits per heavy atom. The van der Waals surface area contributed by atoms with Crippen molar-refractivity contribution in [1.29, 1.82) is 0 Å². The molecule has 1 aliphatic heterocycles. The Bertz CT molecular complexity index is 391. The molecule has 0 bridgehead atoms. The molecule has 1 saturated carbocycles. The van der Waals surface area contributed by atoms with Crippen molar-refractivity contribution in [2.75, 3.05) is 6.61 Å². The van der Waals surface area contributed by atoms with Gasteiger partial charge in [-0.2, -0.15) is 0 Å². The van der Waals surface area contributed by atoms with E-state index in [4.69, 9.17) is 10.6 Å². The predicted octanol–water partition coefficient (Wildman–Crippen LogP) is 1.94. The molecule has 2 heterocycles. The first-order valence-electron chi connectivity index (χ1n) is 6.83. The molecule has 2 atom stereocenters. The third kappa shape index (κ3) is 2.16. The smallest absolute Gasteiger partial charge is 0.0686 e. The Hall–Kier alpha value is -0.970. The van der Waals surface area contributed by atoms with E-state index < -0.39 is 0 Å². The number of pyridine rings is 1. The lowest BCUT2D eigenvalue weighted by Gasteiger charge is -2.48. The van der Waals surface area contributed by atoms with Gasteiger partial charge in [0.25, 0.3) is 0 Å². The van der Waals surface area contributed by atoms with Crippen LogP contribution in [0.1, 0.15) is 43.7 Å². The van der Waals surface area contributed by atoms with Gasteiger partial charge in [0.05, 0.1) is 5.60 Å². The second kappa shape index (κ2) is 4.96. The molecule has 2 unspecified atom stereocenters. The minimum absolute atomic E-state index is 0.172. The minimum atomic E-state index is 0.172. The number of hydrogen-bond donors (Lipinski definition) is 2. The average Bonchev–Trinajstić information content (AvgIpc) is 2.39. The van der Waals surface area contributed by atoms with Crippen LogP contribution in [0.4, 0.5) is 0 Å². The van der Waals surface area contributed by atoms with Crippen LogP contribution in [0, 0.1) is 5.92 Å². The second-order valence-corrected chi connectivity index (χ2v) is 5.56. The largest absolute Gasteiger partial charge is 0.375 e. The summed E-state index contributed by atoms with van der Waals surface area (Å²) in [4.78, 5) is 4.07. The van der Waals surface area contributed by atoms with Crippen molar-refractivity contribution in [2.24, 2.45) is 11.8 Å². The van der Waals surface area contributed by atoms with E-state index in [0.29, 0.717) is 5.92 Å². The summed E-state index contributed by atoms with van der Waals surface area (Å²) in [6.07, 6.45) is 9.62. The molecule has 2 aliphatic rings. The molecule has 1 aromatic rings. The van der Waals surface area contributed by atoms with Crippen molar-refractivity contribution in [3.8, 4) is 0 Å². The number of hydrogen-bond acceptors (Lipinski definition) is 4. The van der Waals surface area contributed by atoms with E-state index in [1.807, 2.05) is 24.5 Å². The van der Waals surface area contributed by atoms with E-state index in [0.717, 1.165) is 19.4 Å². The molecule has 1 aliphatic carbocycles. The molecular formula is C14H21N3O. The fraction of sp³-hybridized carbons (Fsp3) is 0.643. The Labute approximate surface area is 108 Å². The molecule has 1 saturated heterocycles. The van der Waals surface area contributed by atoms with Crippen molar-refractivity contribution in [3.63, 3.8) is 0 Å². The summed E-state index contributed by atoms with van der Waals surface area (Å²) in [5, 5.41) is 0. The summed E-state index contributed by atoms with van der Waals surface area (Å²) >= 11 is 0. The van der Waals surface area contributed by atoms with E-state index in [1.165, 1.54) is 24.8 Å². The highest BCUT2D eigenvalue weighted by atomic mass is 16.5. The van der Waals surface area contributed by atoms with Gasteiger partial charge in [0, 0.05) is 25.0 Å². The van der Waals surface area contributed by atoms with Crippen LogP contribution in [0.2, 0.25) is 0 Å². The Balaban J connectivity index is 1.75. The van der Waals surface area contributed by atoms with E-state index >= 15 is 0 Å². The normalized spacial score (nSPS) is 27.7. The summed E-state index contributed by atoms with van der Waals surface area (Å²) in [6, 6.07) is 4.32. The molecule has 1 spiro atoms. The molecular weight excluding hydrogens is 226 g/mol. The Morgan fingerprint density at radius 3 is 2.78 bits per heavy atom. The predicted molar refractivity (Wildman–Crippen MR) is 69.6 cm³/mol. The number of aromatic nitrogens is 1. The zero-order chi connectivity index (χ0) is 12.4. The topological polar surface area (TPSA) is 60.2 Å². The van der Waals surface area contributed by atoms with Gasteiger partial charge in [-0.1, -0.05) is 0 Å². The van der Waals surface area contributed by atoms with Crippen molar-refractivity contribution < 1.29 is 4.74 Å². The number of nitrogens with two attached hydrogens (primary N) is 1. The first kappa shape index (κ1) is 12.1. The average molecular weight is 247 g/mol. The Kier molecular flexibility index (Phi) is 3.33. The van der Waals surface area contributed by atoms with Gasteiger partial charge in [-0.3, -0.25) is 16.3 Å². The first-order chi connectivity index (χ1) is 8.83. The third-order valence-electron chi connectivity index (χ3n) is 4.51. The summed E-state index contributed by atoms with van der Waals surface area (Å²) in [5.41, 5.74) is 4.39. The van der Waals surface area contributed by atoms with Gasteiger partial charge in [0.1, 0.15) is 0 Å². The Morgan fingerprint density at radius 2 is 2.17 bits per heavy atom. The van der Waals surface area contributed by atoms with Gasteiger partial charge in [-0.05, 0) is 55.7 Å². The van der Waals surface area contributed by atoms with E-state index in [2.05, 4.69) is 10.4 Å². The molecule has 0 amide bonds. The molecule has 0 aromatic carbocycles. The molecule has 3 rings (SSSR count). The monoisotopic (exact) mass is 247 g/mol. The zero-order valence-corrected chi connectivity index (χ0v) is 10.6. The van der Waals surface area contributed by atoms with Crippen molar-refractivity contribution in [1.82, 2.24) is 10.4 Å². The van der Waals surface area contributed by atoms with Gasteiger partial charge in [-0.25, -0.2) is 0 Å². The minimum Gasteiger partial charge on any atom is -0.375 e.